The molecule has 0 bridgehead atoms. The van der Waals surface area contributed by atoms with Gasteiger partial charge in [-0.05, 0) is 55.7 Å². The molecule has 4 nitrogen and oxygen atoms in total. The minimum absolute atomic E-state index is 0.106. The summed E-state index contributed by atoms with van der Waals surface area (Å²) in [5, 5.41) is 5.61. The average molecular weight is 272 g/mol. The molecule has 2 fully saturated rings. The summed E-state index contributed by atoms with van der Waals surface area (Å²) in [7, 11) is 1.61. The van der Waals surface area contributed by atoms with E-state index in [2.05, 4.69) is 10.6 Å². The first-order valence-electron chi connectivity index (χ1n) is 7.22. The molecule has 106 valence electrons. The summed E-state index contributed by atoms with van der Waals surface area (Å²) in [6, 6.07) is 5.43. The zero-order valence-corrected chi connectivity index (χ0v) is 11.9. The molecular weight excluding hydrogens is 252 g/mol. The van der Waals surface area contributed by atoms with Crippen molar-refractivity contribution in [1.29, 1.82) is 0 Å². The highest BCUT2D eigenvalue weighted by molar-refractivity contribution is 5.99. The summed E-state index contributed by atoms with van der Waals surface area (Å²) in [6.45, 7) is 1.87. The van der Waals surface area contributed by atoms with E-state index < -0.39 is 0 Å². The van der Waals surface area contributed by atoms with Gasteiger partial charge in [0.1, 0.15) is 0 Å². The lowest BCUT2D eigenvalue weighted by Gasteiger charge is -2.15. The smallest absolute Gasteiger partial charge is 0.251 e. The van der Waals surface area contributed by atoms with E-state index in [1.54, 1.807) is 19.2 Å². The van der Waals surface area contributed by atoms with Gasteiger partial charge in [0.2, 0.25) is 5.91 Å². The van der Waals surface area contributed by atoms with Crippen molar-refractivity contribution in [3.8, 4) is 0 Å². The molecule has 0 radical (unpaired) electrons. The molecule has 4 heteroatoms. The normalized spacial score (nSPS) is 26.8. The molecule has 0 heterocycles. The Labute approximate surface area is 118 Å². The van der Waals surface area contributed by atoms with Crippen LogP contribution in [0.25, 0.3) is 0 Å². The highest BCUT2D eigenvalue weighted by Gasteiger charge is 2.48. The first-order chi connectivity index (χ1) is 9.60. The first-order valence-corrected chi connectivity index (χ1v) is 7.22. The van der Waals surface area contributed by atoms with E-state index in [0.717, 1.165) is 35.9 Å². The van der Waals surface area contributed by atoms with Gasteiger partial charge in [0.05, 0.1) is 0 Å². The molecule has 0 saturated heterocycles. The number of amides is 2. The Morgan fingerprint density at radius 2 is 1.85 bits per heavy atom. The highest BCUT2D eigenvalue weighted by Crippen LogP contribution is 2.54. The van der Waals surface area contributed by atoms with Crippen LogP contribution in [0.5, 0.6) is 0 Å². The van der Waals surface area contributed by atoms with Gasteiger partial charge in [0.15, 0.2) is 0 Å². The number of benzene rings is 1. The number of fused-ring (bicyclic) bond motifs is 1. The molecule has 2 aliphatic rings. The predicted octanol–water partition coefficient (Wildman–Crippen LogP) is 2.34. The molecule has 0 aliphatic heterocycles. The Balaban J connectivity index is 1.73. The first kappa shape index (κ1) is 13.2. The van der Waals surface area contributed by atoms with Crippen LogP contribution in [-0.4, -0.2) is 18.9 Å². The minimum Gasteiger partial charge on any atom is -0.355 e. The van der Waals surface area contributed by atoms with Crippen molar-refractivity contribution < 1.29 is 9.59 Å². The van der Waals surface area contributed by atoms with Crippen LogP contribution in [0.4, 0.5) is 5.69 Å². The maximum Gasteiger partial charge on any atom is 0.251 e. The molecule has 2 atom stereocenters. The summed E-state index contributed by atoms with van der Waals surface area (Å²) in [6.07, 6.45) is 3.38. The predicted molar refractivity (Wildman–Crippen MR) is 77.5 cm³/mol. The van der Waals surface area contributed by atoms with Gasteiger partial charge >= 0.3 is 0 Å². The van der Waals surface area contributed by atoms with E-state index in [9.17, 15) is 9.59 Å². The van der Waals surface area contributed by atoms with Crippen LogP contribution in [0, 0.1) is 24.7 Å². The second kappa shape index (κ2) is 4.93. The quantitative estimate of drug-likeness (QED) is 0.887. The fraction of sp³-hybridized carbons (Fsp3) is 0.500. The van der Waals surface area contributed by atoms with Gasteiger partial charge in [-0.2, -0.15) is 0 Å². The van der Waals surface area contributed by atoms with Gasteiger partial charge in [-0.15, -0.1) is 0 Å². The minimum atomic E-state index is -0.124. The lowest BCUT2D eigenvalue weighted by atomic mass is 10.0. The molecule has 3 rings (SSSR count). The number of anilines is 1. The van der Waals surface area contributed by atoms with Crippen molar-refractivity contribution >= 4 is 17.5 Å². The number of rotatable bonds is 3. The standard InChI is InChI=1S/C16H20N2O2/c1-9-13(16(20)17-2)4-3-5-14(9)18-15(19)12-7-10-6-11(10)8-12/h3-5,10-12H,6-8H2,1-2H3,(H,17,20)(H,18,19). The molecule has 2 amide bonds. The second-order valence-corrected chi connectivity index (χ2v) is 5.97. The summed E-state index contributed by atoms with van der Waals surface area (Å²) in [5.41, 5.74) is 2.18. The van der Waals surface area contributed by atoms with E-state index in [-0.39, 0.29) is 17.7 Å². The zero-order chi connectivity index (χ0) is 14.3. The van der Waals surface area contributed by atoms with E-state index in [0.29, 0.717) is 5.56 Å². The number of hydrogen-bond acceptors (Lipinski definition) is 2. The van der Waals surface area contributed by atoms with Gasteiger partial charge in [-0.3, -0.25) is 9.59 Å². The SMILES string of the molecule is CNC(=O)c1cccc(NC(=O)C2CC3CC3C2)c1C. The highest BCUT2D eigenvalue weighted by atomic mass is 16.2. The molecule has 2 saturated carbocycles. The van der Waals surface area contributed by atoms with Crippen molar-refractivity contribution in [2.75, 3.05) is 12.4 Å². The van der Waals surface area contributed by atoms with Crippen molar-refractivity contribution in [2.24, 2.45) is 17.8 Å². The third-order valence-corrected chi connectivity index (χ3v) is 4.68. The Morgan fingerprint density at radius 3 is 2.50 bits per heavy atom. The van der Waals surface area contributed by atoms with Crippen LogP contribution in [0.1, 0.15) is 35.2 Å². The molecule has 2 unspecified atom stereocenters. The maximum absolute atomic E-state index is 12.3. The van der Waals surface area contributed by atoms with Gasteiger partial charge in [-0.25, -0.2) is 0 Å². The summed E-state index contributed by atoms with van der Waals surface area (Å²) < 4.78 is 0. The van der Waals surface area contributed by atoms with Gasteiger partial charge in [0.25, 0.3) is 5.91 Å². The van der Waals surface area contributed by atoms with E-state index >= 15 is 0 Å². The lowest BCUT2D eigenvalue weighted by molar-refractivity contribution is -0.120. The molecule has 1 aromatic rings. The summed E-state index contributed by atoms with van der Waals surface area (Å²) in [5.74, 6) is 1.73. The Morgan fingerprint density at radius 1 is 1.15 bits per heavy atom. The Kier molecular flexibility index (Phi) is 3.24. The third kappa shape index (κ3) is 2.30. The van der Waals surface area contributed by atoms with Crippen LogP contribution in [-0.2, 0) is 4.79 Å². The van der Waals surface area contributed by atoms with Crippen LogP contribution < -0.4 is 10.6 Å². The van der Waals surface area contributed by atoms with Crippen LogP contribution in [0.2, 0.25) is 0 Å². The maximum atomic E-state index is 12.3. The van der Waals surface area contributed by atoms with Crippen molar-refractivity contribution in [2.45, 2.75) is 26.2 Å². The topological polar surface area (TPSA) is 58.2 Å². The largest absolute Gasteiger partial charge is 0.355 e. The molecule has 0 aromatic heterocycles. The lowest BCUT2D eigenvalue weighted by Crippen LogP contribution is -2.23. The summed E-state index contributed by atoms with van der Waals surface area (Å²) in [4.78, 5) is 24.0. The van der Waals surface area contributed by atoms with Gasteiger partial charge < -0.3 is 10.6 Å². The van der Waals surface area contributed by atoms with Crippen molar-refractivity contribution in [1.82, 2.24) is 5.32 Å². The van der Waals surface area contributed by atoms with Crippen molar-refractivity contribution in [3.63, 3.8) is 0 Å². The fourth-order valence-electron chi connectivity index (χ4n) is 3.32. The molecule has 2 N–H and O–H groups in total. The number of nitrogens with one attached hydrogen (secondary N) is 2. The molecule has 0 spiro atoms. The fourth-order valence-corrected chi connectivity index (χ4v) is 3.32. The van der Waals surface area contributed by atoms with Crippen molar-refractivity contribution in [3.05, 3.63) is 29.3 Å². The zero-order valence-electron chi connectivity index (χ0n) is 11.9. The molecular formula is C16H20N2O2. The number of carbonyl (C=O) groups excluding carboxylic acids is 2. The van der Waals surface area contributed by atoms with E-state index in [4.69, 9.17) is 0 Å². The van der Waals surface area contributed by atoms with Gasteiger partial charge in [-0.1, -0.05) is 6.07 Å². The summed E-state index contributed by atoms with van der Waals surface area (Å²) >= 11 is 0. The Bertz CT molecular complexity index is 558. The molecule has 1 aromatic carbocycles. The van der Waals surface area contributed by atoms with E-state index in [1.165, 1.54) is 6.42 Å². The molecule has 20 heavy (non-hydrogen) atoms. The molecule has 2 aliphatic carbocycles. The number of hydrogen-bond donors (Lipinski definition) is 2. The van der Waals surface area contributed by atoms with Crippen LogP contribution in [0.15, 0.2) is 18.2 Å². The Hall–Kier alpha value is -1.84. The van der Waals surface area contributed by atoms with Crippen LogP contribution in [0.3, 0.4) is 0 Å². The van der Waals surface area contributed by atoms with Crippen LogP contribution >= 0.6 is 0 Å². The van der Waals surface area contributed by atoms with Gasteiger partial charge in [0, 0.05) is 24.2 Å². The number of carbonyl (C=O) groups is 2. The van der Waals surface area contributed by atoms with E-state index in [1.807, 2.05) is 13.0 Å². The average Bonchev–Trinajstić information content (AvgIpc) is 3.06. The third-order valence-electron chi connectivity index (χ3n) is 4.68. The monoisotopic (exact) mass is 272 g/mol. The second-order valence-electron chi connectivity index (χ2n) is 5.97.